The van der Waals surface area contributed by atoms with Crippen molar-refractivity contribution in [1.29, 1.82) is 0 Å². The molecular formula is C19H18N2O2S. The predicted octanol–water partition coefficient (Wildman–Crippen LogP) is 4.14. The van der Waals surface area contributed by atoms with Gasteiger partial charge in [0.15, 0.2) is 10.8 Å². The van der Waals surface area contributed by atoms with Crippen LogP contribution in [0.4, 0.5) is 0 Å². The quantitative estimate of drug-likeness (QED) is 0.679. The summed E-state index contributed by atoms with van der Waals surface area (Å²) in [6.07, 6.45) is 4.19. The highest BCUT2D eigenvalue weighted by Crippen LogP contribution is 2.30. The summed E-state index contributed by atoms with van der Waals surface area (Å²) in [7, 11) is 0. The van der Waals surface area contributed by atoms with E-state index in [2.05, 4.69) is 17.1 Å². The van der Waals surface area contributed by atoms with Gasteiger partial charge in [-0.1, -0.05) is 30.3 Å². The Balaban J connectivity index is 1.45. The van der Waals surface area contributed by atoms with E-state index in [0.717, 1.165) is 29.3 Å². The number of benzene rings is 1. The molecule has 0 unspecified atom stereocenters. The fourth-order valence-electron chi connectivity index (χ4n) is 2.75. The van der Waals surface area contributed by atoms with Crippen LogP contribution in [-0.4, -0.2) is 21.8 Å². The summed E-state index contributed by atoms with van der Waals surface area (Å²) >= 11 is 1.51. The largest absolute Gasteiger partial charge is 0.462 e. The zero-order chi connectivity index (χ0) is 16.4. The van der Waals surface area contributed by atoms with Gasteiger partial charge in [0, 0.05) is 18.0 Å². The minimum absolute atomic E-state index is 0.151. The lowest BCUT2D eigenvalue weighted by atomic mass is 10.2. The molecule has 122 valence electrons. The first-order valence-corrected chi connectivity index (χ1v) is 8.99. The molecule has 2 aromatic heterocycles. The molecule has 3 aromatic rings. The molecule has 1 aromatic carbocycles. The van der Waals surface area contributed by atoms with E-state index in [4.69, 9.17) is 4.42 Å². The van der Waals surface area contributed by atoms with Gasteiger partial charge in [-0.15, -0.1) is 11.3 Å². The summed E-state index contributed by atoms with van der Waals surface area (Å²) in [5.74, 6) is 0.902. The number of thiazole rings is 1. The van der Waals surface area contributed by atoms with Gasteiger partial charge >= 0.3 is 0 Å². The highest BCUT2D eigenvalue weighted by atomic mass is 32.1. The number of furan rings is 1. The van der Waals surface area contributed by atoms with Crippen LogP contribution in [0.25, 0.3) is 10.8 Å². The molecular weight excluding hydrogens is 320 g/mol. The molecule has 24 heavy (non-hydrogen) atoms. The van der Waals surface area contributed by atoms with Crippen LogP contribution in [0, 0.1) is 0 Å². The average molecular weight is 338 g/mol. The van der Waals surface area contributed by atoms with E-state index in [9.17, 15) is 4.79 Å². The third kappa shape index (κ3) is 3.41. The van der Waals surface area contributed by atoms with E-state index in [1.165, 1.54) is 16.9 Å². The van der Waals surface area contributed by atoms with Crippen molar-refractivity contribution in [1.82, 2.24) is 9.88 Å². The lowest BCUT2D eigenvalue weighted by molar-refractivity contribution is -0.131. The first-order valence-electron chi connectivity index (χ1n) is 8.11. The number of amides is 1. The third-order valence-corrected chi connectivity index (χ3v) is 5.03. The van der Waals surface area contributed by atoms with E-state index in [-0.39, 0.29) is 5.91 Å². The monoisotopic (exact) mass is 338 g/mol. The third-order valence-electron chi connectivity index (χ3n) is 4.12. The molecule has 1 fully saturated rings. The molecule has 0 radical (unpaired) electrons. The molecule has 5 heteroatoms. The molecule has 2 heterocycles. The van der Waals surface area contributed by atoms with Gasteiger partial charge in [0.1, 0.15) is 0 Å². The van der Waals surface area contributed by atoms with Crippen molar-refractivity contribution in [2.24, 2.45) is 0 Å². The predicted molar refractivity (Wildman–Crippen MR) is 93.5 cm³/mol. The van der Waals surface area contributed by atoms with Crippen LogP contribution in [0.3, 0.4) is 0 Å². The van der Waals surface area contributed by atoms with Crippen molar-refractivity contribution in [3.63, 3.8) is 0 Å². The molecule has 1 aliphatic rings. The zero-order valence-corrected chi connectivity index (χ0v) is 14.0. The second-order valence-corrected chi connectivity index (χ2v) is 6.89. The molecule has 1 amide bonds. The van der Waals surface area contributed by atoms with E-state index in [1.54, 1.807) is 6.26 Å². The Morgan fingerprint density at radius 2 is 2.04 bits per heavy atom. The Bertz CT molecular complexity index is 807. The van der Waals surface area contributed by atoms with Gasteiger partial charge < -0.3 is 9.32 Å². The number of rotatable bonds is 6. The SMILES string of the molecule is O=C(Cc1csc(-c2ccco2)n1)N(Cc1ccccc1)C1CC1. The number of hydrogen-bond acceptors (Lipinski definition) is 4. The summed E-state index contributed by atoms with van der Waals surface area (Å²) in [5.41, 5.74) is 1.99. The van der Waals surface area contributed by atoms with Gasteiger partial charge in [-0.3, -0.25) is 4.79 Å². The lowest BCUT2D eigenvalue weighted by Crippen LogP contribution is -2.33. The maximum atomic E-state index is 12.8. The fourth-order valence-corrected chi connectivity index (χ4v) is 3.53. The highest BCUT2D eigenvalue weighted by molar-refractivity contribution is 7.13. The first kappa shape index (κ1) is 15.1. The van der Waals surface area contributed by atoms with Crippen molar-refractivity contribution in [3.8, 4) is 10.8 Å². The van der Waals surface area contributed by atoms with E-state index >= 15 is 0 Å². The first-order chi connectivity index (χ1) is 11.8. The Labute approximate surface area is 144 Å². The molecule has 0 aliphatic heterocycles. The summed E-state index contributed by atoms with van der Waals surface area (Å²) in [5, 5.41) is 2.77. The highest BCUT2D eigenvalue weighted by Gasteiger charge is 2.32. The van der Waals surface area contributed by atoms with Crippen LogP contribution < -0.4 is 0 Å². The van der Waals surface area contributed by atoms with Crippen molar-refractivity contribution >= 4 is 17.2 Å². The van der Waals surface area contributed by atoms with Crippen LogP contribution in [0.5, 0.6) is 0 Å². The number of aromatic nitrogens is 1. The molecule has 0 N–H and O–H groups in total. The number of nitrogens with zero attached hydrogens (tertiary/aromatic N) is 2. The van der Waals surface area contributed by atoms with Crippen LogP contribution in [0.1, 0.15) is 24.1 Å². The van der Waals surface area contributed by atoms with Crippen molar-refractivity contribution in [2.45, 2.75) is 31.8 Å². The number of carbonyl (C=O) groups is 1. The lowest BCUT2D eigenvalue weighted by Gasteiger charge is -2.22. The second kappa shape index (κ2) is 6.61. The van der Waals surface area contributed by atoms with Crippen molar-refractivity contribution < 1.29 is 9.21 Å². The van der Waals surface area contributed by atoms with Crippen molar-refractivity contribution in [2.75, 3.05) is 0 Å². The molecule has 0 spiro atoms. The Hall–Kier alpha value is -2.40. The van der Waals surface area contributed by atoms with Gasteiger partial charge in [0.05, 0.1) is 18.4 Å². The molecule has 0 atom stereocenters. The van der Waals surface area contributed by atoms with Gasteiger partial charge in [0.2, 0.25) is 5.91 Å². The topological polar surface area (TPSA) is 46.3 Å². The fraction of sp³-hybridized carbons (Fsp3) is 0.263. The molecule has 1 saturated carbocycles. The second-order valence-electron chi connectivity index (χ2n) is 6.04. The van der Waals surface area contributed by atoms with Gasteiger partial charge in [-0.25, -0.2) is 4.98 Å². The summed E-state index contributed by atoms with van der Waals surface area (Å²) < 4.78 is 5.37. The normalized spacial score (nSPS) is 13.8. The minimum Gasteiger partial charge on any atom is -0.462 e. The standard InChI is InChI=1S/C19H18N2O2S/c22-18(11-15-13-24-19(20-15)17-7-4-10-23-17)21(16-8-9-16)12-14-5-2-1-3-6-14/h1-7,10,13,16H,8-9,11-12H2. The van der Waals surface area contributed by atoms with Crippen LogP contribution >= 0.6 is 11.3 Å². The van der Waals surface area contributed by atoms with E-state index < -0.39 is 0 Å². The number of hydrogen-bond donors (Lipinski definition) is 0. The Kier molecular flexibility index (Phi) is 4.17. The Morgan fingerprint density at radius 1 is 1.21 bits per heavy atom. The summed E-state index contributed by atoms with van der Waals surface area (Å²) in [6.45, 7) is 0.680. The smallest absolute Gasteiger partial charge is 0.229 e. The molecule has 0 saturated heterocycles. The molecule has 4 rings (SSSR count). The zero-order valence-electron chi connectivity index (χ0n) is 13.2. The maximum absolute atomic E-state index is 12.8. The van der Waals surface area contributed by atoms with E-state index in [1.807, 2.05) is 40.6 Å². The van der Waals surface area contributed by atoms with Crippen LogP contribution in [0.15, 0.2) is 58.5 Å². The van der Waals surface area contributed by atoms with Gasteiger partial charge in [-0.2, -0.15) is 0 Å². The van der Waals surface area contributed by atoms with Gasteiger partial charge in [0.25, 0.3) is 0 Å². The van der Waals surface area contributed by atoms with Crippen molar-refractivity contribution in [3.05, 3.63) is 65.4 Å². The minimum atomic E-state index is 0.151. The summed E-state index contributed by atoms with van der Waals surface area (Å²) in [6, 6.07) is 14.3. The number of carbonyl (C=O) groups excluding carboxylic acids is 1. The van der Waals surface area contributed by atoms with E-state index in [0.29, 0.717) is 19.0 Å². The molecule has 0 bridgehead atoms. The average Bonchev–Trinajstić information content (AvgIpc) is 3.09. The van der Waals surface area contributed by atoms with Crippen LogP contribution in [-0.2, 0) is 17.8 Å². The Morgan fingerprint density at radius 3 is 2.75 bits per heavy atom. The maximum Gasteiger partial charge on any atom is 0.229 e. The molecule has 1 aliphatic carbocycles. The molecule has 4 nitrogen and oxygen atoms in total. The summed E-state index contributed by atoms with van der Waals surface area (Å²) in [4.78, 5) is 19.3. The van der Waals surface area contributed by atoms with Gasteiger partial charge in [-0.05, 0) is 30.5 Å². The van der Waals surface area contributed by atoms with Crippen LogP contribution in [0.2, 0.25) is 0 Å².